The van der Waals surface area contributed by atoms with Crippen LogP contribution in [0.25, 0.3) is 32.9 Å². The topological polar surface area (TPSA) is 80.5 Å². The van der Waals surface area contributed by atoms with Crippen molar-refractivity contribution >= 4 is 56.8 Å². The molecular weight excluding hydrogens is 509 g/mol. The fourth-order valence-corrected chi connectivity index (χ4v) is 5.21. The molecule has 0 saturated carbocycles. The Morgan fingerprint density at radius 3 is 2.38 bits per heavy atom. The molecule has 37 heavy (non-hydrogen) atoms. The van der Waals surface area contributed by atoms with Gasteiger partial charge in [-0.3, -0.25) is 14.5 Å². The van der Waals surface area contributed by atoms with Gasteiger partial charge in [-0.2, -0.15) is 0 Å². The van der Waals surface area contributed by atoms with Gasteiger partial charge in [0, 0.05) is 68.2 Å². The van der Waals surface area contributed by atoms with Crippen molar-refractivity contribution in [3.8, 4) is 11.1 Å². The molecule has 1 aliphatic rings. The number of hydrogen-bond donors (Lipinski definition) is 3. The molecule has 1 aliphatic heterocycles. The minimum absolute atomic E-state index is 0.0247. The van der Waals surface area contributed by atoms with Gasteiger partial charge in [-0.05, 0) is 60.6 Å². The molecule has 2 amide bonds. The van der Waals surface area contributed by atoms with E-state index in [0.29, 0.717) is 34.3 Å². The Bertz CT molecular complexity index is 1490. The van der Waals surface area contributed by atoms with Gasteiger partial charge < -0.3 is 20.5 Å². The summed E-state index contributed by atoms with van der Waals surface area (Å²) in [4.78, 5) is 33.9. The third-order valence-electron chi connectivity index (χ3n) is 7.02. The number of nitrogens with one attached hydrogen (secondary N) is 3. The summed E-state index contributed by atoms with van der Waals surface area (Å²) >= 11 is 12.4. The van der Waals surface area contributed by atoms with Crippen molar-refractivity contribution < 1.29 is 9.59 Å². The average Bonchev–Trinajstić information content (AvgIpc) is 3.30. The van der Waals surface area contributed by atoms with Crippen molar-refractivity contribution in [2.75, 3.05) is 53.4 Å². The van der Waals surface area contributed by atoms with Crippen LogP contribution in [0, 0.1) is 0 Å². The third-order valence-corrected chi connectivity index (χ3v) is 7.76. The van der Waals surface area contributed by atoms with E-state index in [1.807, 2.05) is 48.3 Å². The first-order valence-electron chi connectivity index (χ1n) is 12.3. The predicted octanol–water partition coefficient (Wildman–Crippen LogP) is 4.63. The highest BCUT2D eigenvalue weighted by Crippen LogP contribution is 2.35. The number of fused-ring (bicyclic) bond motifs is 3. The second kappa shape index (κ2) is 10.7. The molecule has 1 fully saturated rings. The molecule has 1 saturated heterocycles. The lowest BCUT2D eigenvalue weighted by molar-refractivity contribution is 0.0639. The first-order chi connectivity index (χ1) is 17.9. The lowest BCUT2D eigenvalue weighted by Gasteiger charge is -2.34. The number of amides is 2. The van der Waals surface area contributed by atoms with E-state index in [-0.39, 0.29) is 11.8 Å². The molecule has 3 aromatic carbocycles. The van der Waals surface area contributed by atoms with E-state index in [4.69, 9.17) is 23.2 Å². The van der Waals surface area contributed by atoms with Crippen molar-refractivity contribution in [3.63, 3.8) is 0 Å². The van der Waals surface area contributed by atoms with Gasteiger partial charge in [0.1, 0.15) is 0 Å². The average molecular weight is 538 g/mol. The molecule has 7 nitrogen and oxygen atoms in total. The standard InChI is InChI=1S/C28H29Cl2N5O2/c1-31-7-8-34-9-11-35(12-10-34)28(37)18-4-6-25-20(13-18)21-14-19(17-3-5-23(29)24(30)16-17)15-22(26(21)33-25)27(36)32-2/h3-6,13-16,31,33H,7-12H2,1-2H3,(H,32,36). The molecule has 0 bridgehead atoms. The summed E-state index contributed by atoms with van der Waals surface area (Å²) in [5.74, 6) is -0.178. The molecule has 3 N–H and O–H groups in total. The number of rotatable bonds is 6. The molecule has 0 aliphatic carbocycles. The summed E-state index contributed by atoms with van der Waals surface area (Å²) in [6, 6.07) is 15.0. The van der Waals surface area contributed by atoms with E-state index in [0.717, 1.165) is 59.1 Å². The normalized spacial score (nSPS) is 14.4. The number of aromatic nitrogens is 1. The Hall–Kier alpha value is -3.10. The Balaban J connectivity index is 1.54. The van der Waals surface area contributed by atoms with Crippen LogP contribution in [0.5, 0.6) is 0 Å². The number of likely N-dealkylation sites (N-methyl/N-ethyl adjacent to an activating group) is 1. The summed E-state index contributed by atoms with van der Waals surface area (Å²) in [5, 5.41) is 8.57. The molecule has 0 unspecified atom stereocenters. The monoisotopic (exact) mass is 537 g/mol. The molecule has 0 radical (unpaired) electrons. The summed E-state index contributed by atoms with van der Waals surface area (Å²) in [6.45, 7) is 5.06. The molecule has 2 heterocycles. The second-order valence-electron chi connectivity index (χ2n) is 9.28. The quantitative estimate of drug-likeness (QED) is 0.335. The Morgan fingerprint density at radius 2 is 1.68 bits per heavy atom. The highest BCUT2D eigenvalue weighted by molar-refractivity contribution is 6.42. The summed E-state index contributed by atoms with van der Waals surface area (Å²) < 4.78 is 0. The van der Waals surface area contributed by atoms with Crippen LogP contribution < -0.4 is 10.6 Å². The van der Waals surface area contributed by atoms with Gasteiger partial charge in [-0.25, -0.2) is 0 Å². The zero-order chi connectivity index (χ0) is 26.1. The van der Waals surface area contributed by atoms with E-state index in [9.17, 15) is 9.59 Å². The van der Waals surface area contributed by atoms with E-state index < -0.39 is 0 Å². The van der Waals surface area contributed by atoms with Crippen LogP contribution in [0.2, 0.25) is 10.0 Å². The molecule has 5 rings (SSSR count). The maximum Gasteiger partial charge on any atom is 0.253 e. The number of nitrogens with zero attached hydrogens (tertiary/aromatic N) is 2. The molecule has 192 valence electrons. The molecule has 4 aromatic rings. The van der Waals surface area contributed by atoms with Gasteiger partial charge >= 0.3 is 0 Å². The highest BCUT2D eigenvalue weighted by atomic mass is 35.5. The van der Waals surface area contributed by atoms with Crippen molar-refractivity contribution in [3.05, 3.63) is 69.7 Å². The van der Waals surface area contributed by atoms with Crippen LogP contribution >= 0.6 is 23.2 Å². The maximum atomic E-state index is 13.4. The molecule has 0 atom stereocenters. The SMILES string of the molecule is CNCCN1CCN(C(=O)c2ccc3[nH]c4c(C(=O)NC)cc(-c5ccc(Cl)c(Cl)c5)cc4c3c2)CC1. The van der Waals surface area contributed by atoms with Gasteiger partial charge in [0.25, 0.3) is 11.8 Å². The number of benzene rings is 3. The number of H-pyrrole nitrogens is 1. The van der Waals surface area contributed by atoms with E-state index >= 15 is 0 Å². The third kappa shape index (κ3) is 5.05. The van der Waals surface area contributed by atoms with Gasteiger partial charge in [0.05, 0.1) is 21.1 Å². The fraction of sp³-hybridized carbons (Fsp3) is 0.286. The van der Waals surface area contributed by atoms with Crippen molar-refractivity contribution in [1.82, 2.24) is 25.4 Å². The van der Waals surface area contributed by atoms with Crippen LogP contribution in [0.4, 0.5) is 0 Å². The van der Waals surface area contributed by atoms with Crippen molar-refractivity contribution in [2.45, 2.75) is 0 Å². The zero-order valence-electron chi connectivity index (χ0n) is 20.8. The van der Waals surface area contributed by atoms with Crippen LogP contribution in [0.3, 0.4) is 0 Å². The second-order valence-corrected chi connectivity index (χ2v) is 10.1. The number of carbonyl (C=O) groups is 2. The minimum atomic E-state index is -0.203. The Kier molecular flexibility index (Phi) is 7.40. The summed E-state index contributed by atoms with van der Waals surface area (Å²) in [6.07, 6.45) is 0. The Labute approximate surface area is 225 Å². The van der Waals surface area contributed by atoms with E-state index in [1.165, 1.54) is 0 Å². The maximum absolute atomic E-state index is 13.4. The molecule has 9 heteroatoms. The zero-order valence-corrected chi connectivity index (χ0v) is 22.3. The number of halogens is 2. The van der Waals surface area contributed by atoms with E-state index in [1.54, 1.807) is 19.2 Å². The number of carbonyl (C=O) groups excluding carboxylic acids is 2. The first-order valence-corrected chi connectivity index (χ1v) is 13.1. The lowest BCUT2D eigenvalue weighted by Crippen LogP contribution is -2.49. The van der Waals surface area contributed by atoms with Crippen LogP contribution in [0.1, 0.15) is 20.7 Å². The molecule has 1 aromatic heterocycles. The fourth-order valence-electron chi connectivity index (χ4n) is 4.92. The smallest absolute Gasteiger partial charge is 0.253 e. The molecule has 0 spiro atoms. The summed E-state index contributed by atoms with van der Waals surface area (Å²) in [5.41, 5.74) is 4.42. The van der Waals surface area contributed by atoms with Gasteiger partial charge in [0.2, 0.25) is 0 Å². The highest BCUT2D eigenvalue weighted by Gasteiger charge is 2.23. The predicted molar refractivity (Wildman–Crippen MR) is 151 cm³/mol. The van der Waals surface area contributed by atoms with E-state index in [2.05, 4.69) is 20.5 Å². The largest absolute Gasteiger partial charge is 0.355 e. The number of hydrogen-bond acceptors (Lipinski definition) is 4. The van der Waals surface area contributed by atoms with Crippen molar-refractivity contribution in [1.29, 1.82) is 0 Å². The van der Waals surface area contributed by atoms with Gasteiger partial charge in [-0.1, -0.05) is 29.3 Å². The van der Waals surface area contributed by atoms with Gasteiger partial charge in [-0.15, -0.1) is 0 Å². The Morgan fingerprint density at radius 1 is 0.892 bits per heavy atom. The molecular formula is C28H29Cl2N5O2. The van der Waals surface area contributed by atoms with Gasteiger partial charge in [0.15, 0.2) is 0 Å². The minimum Gasteiger partial charge on any atom is -0.355 e. The lowest BCUT2D eigenvalue weighted by atomic mass is 9.98. The van der Waals surface area contributed by atoms with Crippen molar-refractivity contribution in [2.24, 2.45) is 0 Å². The number of aromatic amines is 1. The van der Waals surface area contributed by atoms with Crippen LogP contribution in [0.15, 0.2) is 48.5 Å². The van der Waals surface area contributed by atoms with Crippen LogP contribution in [-0.4, -0.2) is 80.0 Å². The van der Waals surface area contributed by atoms with Crippen LogP contribution in [-0.2, 0) is 0 Å². The number of piperazine rings is 1. The first kappa shape index (κ1) is 25.5. The summed E-state index contributed by atoms with van der Waals surface area (Å²) in [7, 11) is 3.56.